The van der Waals surface area contributed by atoms with Crippen LogP contribution in [-0.2, 0) is 11.2 Å². The Balaban J connectivity index is 2.76. The monoisotopic (exact) mass is 248 g/mol. The predicted octanol–water partition coefficient (Wildman–Crippen LogP) is 3.29. The maximum absolute atomic E-state index is 10.7. The molecule has 1 N–H and O–H groups in total. The molecule has 1 aromatic rings. The van der Waals surface area contributed by atoms with Crippen molar-refractivity contribution in [3.05, 3.63) is 41.5 Å². The summed E-state index contributed by atoms with van der Waals surface area (Å²) in [6.07, 6.45) is 2.13. The van der Waals surface area contributed by atoms with E-state index < -0.39 is 5.97 Å². The number of hydrogen-bond donors (Lipinski definition) is 1. The number of para-hydroxylation sites is 1. The minimum atomic E-state index is -0.925. The summed E-state index contributed by atoms with van der Waals surface area (Å²) in [5.74, 6) is 0.0675. The van der Waals surface area contributed by atoms with E-state index in [1.54, 1.807) is 0 Å². The average Bonchev–Trinajstić information content (AvgIpc) is 2.34. The van der Waals surface area contributed by atoms with Crippen molar-refractivity contribution < 1.29 is 14.6 Å². The molecular formula is C15H20O3. The number of hydrogen-bond acceptors (Lipinski definition) is 2. The molecule has 3 nitrogen and oxygen atoms in total. The zero-order chi connectivity index (χ0) is 13.5. The molecule has 1 rings (SSSR count). The van der Waals surface area contributed by atoms with Gasteiger partial charge in [-0.2, -0.15) is 0 Å². The minimum Gasteiger partial charge on any atom is -0.489 e. The Kier molecular flexibility index (Phi) is 5.43. The molecule has 98 valence electrons. The zero-order valence-electron chi connectivity index (χ0n) is 11.1. The van der Waals surface area contributed by atoms with Crippen LogP contribution >= 0.6 is 0 Å². The van der Waals surface area contributed by atoms with Crippen LogP contribution in [0.1, 0.15) is 26.3 Å². The number of carbonyl (C=O) groups is 1. The van der Waals surface area contributed by atoms with Crippen LogP contribution in [-0.4, -0.2) is 17.7 Å². The fourth-order valence-electron chi connectivity index (χ4n) is 1.63. The average molecular weight is 248 g/mol. The first kappa shape index (κ1) is 14.3. The molecule has 0 saturated heterocycles. The summed E-state index contributed by atoms with van der Waals surface area (Å²) in [5.41, 5.74) is 1.92. The smallest absolute Gasteiger partial charge is 0.328 e. The van der Waals surface area contributed by atoms with Crippen molar-refractivity contribution in [2.45, 2.75) is 27.2 Å². The second-order valence-electron chi connectivity index (χ2n) is 4.46. The third kappa shape index (κ3) is 4.24. The maximum atomic E-state index is 10.7. The minimum absolute atomic E-state index is 0.162. The lowest BCUT2D eigenvalue weighted by atomic mass is 10.0. The second-order valence-corrected chi connectivity index (χ2v) is 4.46. The standard InChI is InChI=1S/C15H20O3/c1-4-12-7-5-6-8-14(12)18-10-13(11(2)3)9-15(16)17/h5-9,11H,4,10H2,1-3H3,(H,16,17)/b13-9-. The Labute approximate surface area is 108 Å². The van der Waals surface area contributed by atoms with Crippen LogP contribution in [0.3, 0.4) is 0 Å². The summed E-state index contributed by atoms with van der Waals surface area (Å²) >= 11 is 0. The molecule has 0 aliphatic carbocycles. The van der Waals surface area contributed by atoms with E-state index in [9.17, 15) is 4.79 Å². The molecule has 0 bridgehead atoms. The van der Waals surface area contributed by atoms with Crippen LogP contribution in [0.5, 0.6) is 5.75 Å². The van der Waals surface area contributed by atoms with Crippen molar-refractivity contribution in [3.8, 4) is 5.75 Å². The van der Waals surface area contributed by atoms with Crippen LogP contribution in [0.2, 0.25) is 0 Å². The van der Waals surface area contributed by atoms with Crippen molar-refractivity contribution in [2.24, 2.45) is 5.92 Å². The van der Waals surface area contributed by atoms with E-state index in [0.717, 1.165) is 23.3 Å². The fraction of sp³-hybridized carbons (Fsp3) is 0.400. The van der Waals surface area contributed by atoms with Crippen LogP contribution < -0.4 is 4.74 Å². The molecule has 0 unspecified atom stereocenters. The van der Waals surface area contributed by atoms with Crippen LogP contribution in [0.15, 0.2) is 35.9 Å². The van der Waals surface area contributed by atoms with Gasteiger partial charge in [0.2, 0.25) is 0 Å². The zero-order valence-corrected chi connectivity index (χ0v) is 11.1. The summed E-state index contributed by atoms with van der Waals surface area (Å²) < 4.78 is 5.72. The number of aliphatic carboxylic acids is 1. The van der Waals surface area contributed by atoms with Gasteiger partial charge in [-0.3, -0.25) is 0 Å². The lowest BCUT2D eigenvalue weighted by Gasteiger charge is -2.14. The van der Waals surface area contributed by atoms with Gasteiger partial charge in [0.1, 0.15) is 12.4 Å². The fourth-order valence-corrected chi connectivity index (χ4v) is 1.63. The number of ether oxygens (including phenoxy) is 1. The number of rotatable bonds is 6. The van der Waals surface area contributed by atoms with Gasteiger partial charge in [-0.05, 0) is 29.5 Å². The molecule has 0 aliphatic rings. The van der Waals surface area contributed by atoms with Gasteiger partial charge >= 0.3 is 5.97 Å². The van der Waals surface area contributed by atoms with Gasteiger partial charge in [-0.25, -0.2) is 4.79 Å². The molecule has 3 heteroatoms. The van der Waals surface area contributed by atoms with Crippen LogP contribution in [0.4, 0.5) is 0 Å². The highest BCUT2D eigenvalue weighted by atomic mass is 16.5. The molecule has 0 saturated carbocycles. The third-order valence-electron chi connectivity index (χ3n) is 2.80. The Morgan fingerprint density at radius 1 is 1.39 bits per heavy atom. The number of benzene rings is 1. The molecule has 0 radical (unpaired) electrons. The normalized spacial score (nSPS) is 11.7. The van der Waals surface area contributed by atoms with Crippen LogP contribution in [0, 0.1) is 5.92 Å². The van der Waals surface area contributed by atoms with E-state index >= 15 is 0 Å². The van der Waals surface area contributed by atoms with Crippen molar-refractivity contribution in [3.63, 3.8) is 0 Å². The van der Waals surface area contributed by atoms with Gasteiger partial charge in [0.05, 0.1) is 0 Å². The molecule has 18 heavy (non-hydrogen) atoms. The van der Waals surface area contributed by atoms with Gasteiger partial charge in [0, 0.05) is 6.08 Å². The SMILES string of the molecule is CCc1ccccc1OC/C(=C/C(=O)O)C(C)C. The Bertz CT molecular complexity index is 433. The van der Waals surface area contributed by atoms with Crippen molar-refractivity contribution in [1.82, 2.24) is 0 Å². The van der Waals surface area contributed by atoms with Crippen LogP contribution in [0.25, 0.3) is 0 Å². The molecule has 0 spiro atoms. The van der Waals surface area contributed by atoms with Gasteiger partial charge in [0.15, 0.2) is 0 Å². The van der Waals surface area contributed by atoms with Crippen molar-refractivity contribution >= 4 is 5.97 Å². The largest absolute Gasteiger partial charge is 0.489 e. The number of aryl methyl sites for hydroxylation is 1. The van der Waals surface area contributed by atoms with E-state index in [-0.39, 0.29) is 5.92 Å². The molecule has 0 aliphatic heterocycles. The molecule has 0 atom stereocenters. The highest BCUT2D eigenvalue weighted by Crippen LogP contribution is 2.20. The van der Waals surface area contributed by atoms with Gasteiger partial charge < -0.3 is 9.84 Å². The second kappa shape index (κ2) is 6.84. The van der Waals surface area contributed by atoms with Gasteiger partial charge in [-0.15, -0.1) is 0 Å². The summed E-state index contributed by atoms with van der Waals surface area (Å²) in [5, 5.41) is 8.80. The van der Waals surface area contributed by atoms with Crippen molar-refractivity contribution in [2.75, 3.05) is 6.61 Å². The van der Waals surface area contributed by atoms with Crippen molar-refractivity contribution in [1.29, 1.82) is 0 Å². The topological polar surface area (TPSA) is 46.5 Å². The Morgan fingerprint density at radius 3 is 2.61 bits per heavy atom. The Hall–Kier alpha value is -1.77. The quantitative estimate of drug-likeness (QED) is 0.786. The van der Waals surface area contributed by atoms with E-state index in [1.807, 2.05) is 38.1 Å². The molecule has 0 amide bonds. The number of carboxylic acid groups (broad SMARTS) is 1. The lowest BCUT2D eigenvalue weighted by molar-refractivity contribution is -0.131. The molecule has 0 heterocycles. The van der Waals surface area contributed by atoms with E-state index in [1.165, 1.54) is 6.08 Å². The van der Waals surface area contributed by atoms with E-state index in [2.05, 4.69) is 6.92 Å². The summed E-state index contributed by atoms with van der Waals surface area (Å²) in [6.45, 7) is 6.31. The first-order valence-electron chi connectivity index (χ1n) is 6.18. The van der Waals surface area contributed by atoms with E-state index in [0.29, 0.717) is 6.61 Å². The Morgan fingerprint density at radius 2 is 2.06 bits per heavy atom. The van der Waals surface area contributed by atoms with Gasteiger partial charge in [0.25, 0.3) is 0 Å². The maximum Gasteiger partial charge on any atom is 0.328 e. The lowest BCUT2D eigenvalue weighted by Crippen LogP contribution is -2.09. The molecule has 0 aromatic heterocycles. The highest BCUT2D eigenvalue weighted by Gasteiger charge is 2.08. The molecule has 0 fully saturated rings. The third-order valence-corrected chi connectivity index (χ3v) is 2.80. The van der Waals surface area contributed by atoms with Gasteiger partial charge in [-0.1, -0.05) is 39.0 Å². The first-order valence-corrected chi connectivity index (χ1v) is 6.18. The predicted molar refractivity (Wildman–Crippen MR) is 71.9 cm³/mol. The highest BCUT2D eigenvalue weighted by molar-refractivity contribution is 5.80. The first-order chi connectivity index (χ1) is 8.54. The van der Waals surface area contributed by atoms with E-state index in [4.69, 9.17) is 9.84 Å². The summed E-state index contributed by atoms with van der Waals surface area (Å²) in [7, 11) is 0. The molecule has 1 aromatic carbocycles. The molecular weight excluding hydrogens is 228 g/mol. The summed E-state index contributed by atoms with van der Waals surface area (Å²) in [6, 6.07) is 7.83. The number of carboxylic acids is 1. The summed E-state index contributed by atoms with van der Waals surface area (Å²) in [4.78, 5) is 10.7.